The zero-order valence-electron chi connectivity index (χ0n) is 14.2. The molecule has 4 rings (SSSR count). The van der Waals surface area contributed by atoms with E-state index in [0.29, 0.717) is 31.1 Å². The van der Waals surface area contributed by atoms with Gasteiger partial charge in [0.25, 0.3) is 5.91 Å². The van der Waals surface area contributed by atoms with Gasteiger partial charge in [-0.15, -0.1) is 0 Å². The predicted octanol–water partition coefficient (Wildman–Crippen LogP) is 2.58. The number of carbonyl (C=O) groups is 1. The summed E-state index contributed by atoms with van der Waals surface area (Å²) in [6.45, 7) is 1.35. The highest BCUT2D eigenvalue weighted by molar-refractivity contribution is 7.99. The minimum absolute atomic E-state index is 0.157. The molecule has 0 aromatic carbocycles. The van der Waals surface area contributed by atoms with Gasteiger partial charge in [-0.3, -0.25) is 4.79 Å². The Hall–Kier alpha value is -1.27. The molecule has 0 bridgehead atoms. The van der Waals surface area contributed by atoms with Crippen LogP contribution < -0.4 is 10.1 Å². The largest absolute Gasteiger partial charge is 0.481 e. The molecule has 1 saturated carbocycles. The molecule has 0 radical (unpaired) electrons. The molecule has 6 heteroatoms. The fourth-order valence-corrected chi connectivity index (χ4v) is 5.22. The number of hydrogen-bond acceptors (Lipinski definition) is 5. The topological polar surface area (TPSA) is 54.5 Å². The Balaban J connectivity index is 1.53. The molecule has 1 N–H and O–H groups in total. The average Bonchev–Trinajstić information content (AvgIpc) is 3.34. The van der Waals surface area contributed by atoms with Gasteiger partial charge in [-0.25, -0.2) is 4.98 Å². The second-order valence-corrected chi connectivity index (χ2v) is 8.11. The van der Waals surface area contributed by atoms with Gasteiger partial charge in [-0.05, 0) is 31.1 Å². The number of fused-ring (bicyclic) bond motifs is 1. The molecule has 3 heterocycles. The zero-order chi connectivity index (χ0) is 16.5. The summed E-state index contributed by atoms with van der Waals surface area (Å²) in [5.41, 5.74) is 2.65. The molecule has 3 aliphatic rings. The van der Waals surface area contributed by atoms with Gasteiger partial charge in [0.1, 0.15) is 0 Å². The maximum atomic E-state index is 12.8. The van der Waals surface area contributed by atoms with Gasteiger partial charge in [-0.2, -0.15) is 11.8 Å². The molecule has 1 aliphatic carbocycles. The minimum atomic E-state index is 0.157. The van der Waals surface area contributed by atoms with Crippen molar-refractivity contribution in [1.82, 2.24) is 15.2 Å². The molecular weight excluding hydrogens is 322 g/mol. The van der Waals surface area contributed by atoms with Crippen molar-refractivity contribution >= 4 is 17.7 Å². The number of rotatable bonds is 5. The number of amides is 1. The van der Waals surface area contributed by atoms with Gasteiger partial charge in [-0.1, -0.05) is 12.8 Å². The van der Waals surface area contributed by atoms with E-state index < -0.39 is 0 Å². The fourth-order valence-electron chi connectivity index (χ4n) is 4.03. The molecule has 1 saturated heterocycles. The van der Waals surface area contributed by atoms with E-state index in [-0.39, 0.29) is 5.91 Å². The van der Waals surface area contributed by atoms with Gasteiger partial charge in [0.05, 0.1) is 24.9 Å². The van der Waals surface area contributed by atoms with Crippen LogP contribution in [0, 0.1) is 0 Å². The van der Waals surface area contributed by atoms with Crippen molar-refractivity contribution in [3.63, 3.8) is 0 Å². The van der Waals surface area contributed by atoms with E-state index in [9.17, 15) is 4.79 Å². The summed E-state index contributed by atoms with van der Waals surface area (Å²) in [7, 11) is 1.66. The molecule has 0 spiro atoms. The van der Waals surface area contributed by atoms with Crippen molar-refractivity contribution in [3.8, 4) is 5.88 Å². The van der Waals surface area contributed by atoms with Crippen LogP contribution in [-0.2, 0) is 13.1 Å². The quantitative estimate of drug-likeness (QED) is 0.887. The Morgan fingerprint density at radius 2 is 2.21 bits per heavy atom. The first-order valence-corrected chi connectivity index (χ1v) is 10.1. The number of nitrogens with zero attached hydrogens (tertiary/aromatic N) is 2. The van der Waals surface area contributed by atoms with Crippen molar-refractivity contribution in [3.05, 3.63) is 22.9 Å². The molecule has 1 aromatic rings. The molecule has 1 amide bonds. The molecule has 24 heavy (non-hydrogen) atoms. The van der Waals surface area contributed by atoms with Crippen LogP contribution in [0.1, 0.15) is 53.7 Å². The van der Waals surface area contributed by atoms with Crippen LogP contribution in [-0.4, -0.2) is 46.5 Å². The monoisotopic (exact) mass is 347 g/mol. The number of aromatic nitrogens is 1. The lowest BCUT2D eigenvalue weighted by Gasteiger charge is -2.22. The van der Waals surface area contributed by atoms with Gasteiger partial charge in [0.15, 0.2) is 0 Å². The van der Waals surface area contributed by atoms with E-state index >= 15 is 0 Å². The first kappa shape index (κ1) is 16.2. The average molecular weight is 347 g/mol. The summed E-state index contributed by atoms with van der Waals surface area (Å²) in [6, 6.07) is 2.96. The number of nitrogens with one attached hydrogen (secondary N) is 1. The van der Waals surface area contributed by atoms with Crippen LogP contribution in [0.3, 0.4) is 0 Å². The van der Waals surface area contributed by atoms with Crippen molar-refractivity contribution in [2.24, 2.45) is 0 Å². The van der Waals surface area contributed by atoms with Crippen LogP contribution >= 0.6 is 11.8 Å². The normalized spacial score (nSPS) is 24.0. The lowest BCUT2D eigenvalue weighted by atomic mass is 10.1. The highest BCUT2D eigenvalue weighted by Gasteiger charge is 2.35. The molecule has 2 aliphatic heterocycles. The number of thioether (sulfide) groups is 1. The SMILES string of the molecule is COc1nc2c(cc1CN[C@@H]1CCSC1)C(=O)N(C1CCCC1)C2. The van der Waals surface area contributed by atoms with Crippen molar-refractivity contribution in [1.29, 1.82) is 0 Å². The first-order chi connectivity index (χ1) is 11.8. The lowest BCUT2D eigenvalue weighted by Crippen LogP contribution is -2.33. The number of carbonyl (C=O) groups excluding carboxylic acids is 1. The molecule has 2 fully saturated rings. The second-order valence-electron chi connectivity index (χ2n) is 6.96. The Labute approximate surface area is 147 Å². The summed E-state index contributed by atoms with van der Waals surface area (Å²) < 4.78 is 5.50. The van der Waals surface area contributed by atoms with Gasteiger partial charge < -0.3 is 15.0 Å². The van der Waals surface area contributed by atoms with Crippen LogP contribution in [0.2, 0.25) is 0 Å². The molecule has 130 valence electrons. The maximum absolute atomic E-state index is 12.8. The van der Waals surface area contributed by atoms with Crippen LogP contribution in [0.5, 0.6) is 5.88 Å². The van der Waals surface area contributed by atoms with Crippen molar-refractivity contribution in [2.75, 3.05) is 18.6 Å². The zero-order valence-corrected chi connectivity index (χ0v) is 15.0. The summed E-state index contributed by atoms with van der Waals surface area (Å²) in [4.78, 5) is 19.5. The van der Waals surface area contributed by atoms with E-state index in [0.717, 1.165) is 35.4 Å². The van der Waals surface area contributed by atoms with Gasteiger partial charge >= 0.3 is 0 Å². The molecule has 5 nitrogen and oxygen atoms in total. The molecular formula is C18H25N3O2S. The van der Waals surface area contributed by atoms with Crippen LogP contribution in [0.15, 0.2) is 6.07 Å². The Bertz CT molecular complexity index is 625. The van der Waals surface area contributed by atoms with E-state index in [1.807, 2.05) is 22.7 Å². The van der Waals surface area contributed by atoms with Crippen molar-refractivity contribution in [2.45, 2.75) is 57.3 Å². The minimum Gasteiger partial charge on any atom is -0.481 e. The molecule has 1 aromatic heterocycles. The third-order valence-corrected chi connectivity index (χ3v) is 6.58. The van der Waals surface area contributed by atoms with Gasteiger partial charge in [0.2, 0.25) is 5.88 Å². The van der Waals surface area contributed by atoms with E-state index in [4.69, 9.17) is 4.74 Å². The van der Waals surface area contributed by atoms with Gasteiger partial charge in [0, 0.05) is 29.9 Å². The number of hydrogen-bond donors (Lipinski definition) is 1. The number of ether oxygens (including phenoxy) is 1. The number of pyridine rings is 1. The summed E-state index contributed by atoms with van der Waals surface area (Å²) in [5.74, 6) is 3.21. The first-order valence-electron chi connectivity index (χ1n) is 8.95. The fraction of sp³-hybridized carbons (Fsp3) is 0.667. The lowest BCUT2D eigenvalue weighted by molar-refractivity contribution is 0.0706. The third-order valence-electron chi connectivity index (χ3n) is 5.42. The standard InChI is InChI=1S/C18H25N3O2S/c1-23-17-12(9-19-13-6-7-24-11-13)8-15-16(20-17)10-21(18(15)22)14-4-2-3-5-14/h8,13-14,19H,2-7,9-11H2,1H3/t13-/m1/s1. The third kappa shape index (κ3) is 3.02. The van der Waals surface area contributed by atoms with E-state index in [1.165, 1.54) is 25.0 Å². The summed E-state index contributed by atoms with van der Waals surface area (Å²) in [5, 5.41) is 3.58. The maximum Gasteiger partial charge on any atom is 0.256 e. The molecule has 0 unspecified atom stereocenters. The Morgan fingerprint density at radius 1 is 1.38 bits per heavy atom. The number of methoxy groups -OCH3 is 1. The highest BCUT2D eigenvalue weighted by atomic mass is 32.2. The molecule has 1 atom stereocenters. The van der Waals surface area contributed by atoms with E-state index in [2.05, 4.69) is 10.3 Å². The summed E-state index contributed by atoms with van der Waals surface area (Å²) >= 11 is 1.99. The van der Waals surface area contributed by atoms with Crippen LogP contribution in [0.4, 0.5) is 0 Å². The highest BCUT2D eigenvalue weighted by Crippen LogP contribution is 2.33. The summed E-state index contributed by atoms with van der Waals surface area (Å²) in [6.07, 6.45) is 5.93. The predicted molar refractivity (Wildman–Crippen MR) is 95.5 cm³/mol. The van der Waals surface area contributed by atoms with Crippen LogP contribution in [0.25, 0.3) is 0 Å². The Kier molecular flexibility index (Phi) is 4.68. The second kappa shape index (κ2) is 6.92. The smallest absolute Gasteiger partial charge is 0.256 e. The van der Waals surface area contributed by atoms with E-state index in [1.54, 1.807) is 7.11 Å². The Morgan fingerprint density at radius 3 is 2.92 bits per heavy atom. The van der Waals surface area contributed by atoms with Crippen molar-refractivity contribution < 1.29 is 9.53 Å².